The van der Waals surface area contributed by atoms with Gasteiger partial charge in [-0.1, -0.05) is 18.2 Å². The molecule has 34 heavy (non-hydrogen) atoms. The van der Waals surface area contributed by atoms with Crippen LogP contribution in [-0.2, 0) is 16.6 Å². The number of hydrogen-bond acceptors (Lipinski definition) is 5. The SMILES string of the molecule is O=C(c1cccc(NS(=O)(=O)c2ccc3c(c2)OCCO3)c1)N(Cc1ccc(F)cc1)C1CC1. The molecule has 2 aliphatic rings. The number of ether oxygens (including phenoxy) is 2. The van der Waals surface area contributed by atoms with Gasteiger partial charge in [-0.25, -0.2) is 12.8 Å². The zero-order valence-electron chi connectivity index (χ0n) is 18.2. The molecule has 176 valence electrons. The highest BCUT2D eigenvalue weighted by Gasteiger charge is 2.33. The van der Waals surface area contributed by atoms with E-state index >= 15 is 0 Å². The Hall–Kier alpha value is -3.59. The zero-order valence-corrected chi connectivity index (χ0v) is 19.1. The Morgan fingerprint density at radius 2 is 1.71 bits per heavy atom. The molecular weight excluding hydrogens is 459 g/mol. The molecule has 7 nitrogen and oxygen atoms in total. The second kappa shape index (κ2) is 8.98. The molecule has 1 N–H and O–H groups in total. The number of carbonyl (C=O) groups excluding carboxylic acids is 1. The number of carbonyl (C=O) groups is 1. The highest BCUT2D eigenvalue weighted by molar-refractivity contribution is 7.92. The lowest BCUT2D eigenvalue weighted by atomic mass is 10.1. The number of anilines is 1. The molecule has 3 aromatic carbocycles. The van der Waals surface area contributed by atoms with Crippen molar-refractivity contribution in [2.24, 2.45) is 0 Å². The minimum atomic E-state index is -3.91. The fourth-order valence-electron chi connectivity index (χ4n) is 3.83. The Kier molecular flexibility index (Phi) is 5.87. The standard InChI is InChI=1S/C25H23FN2O5S/c26-19-6-4-17(5-7-19)16-28(21-8-9-21)25(29)18-2-1-3-20(14-18)27-34(30,31)22-10-11-23-24(15-22)33-13-12-32-23/h1-7,10-11,14-15,21,27H,8-9,12-13,16H2. The van der Waals surface area contributed by atoms with Crippen molar-refractivity contribution >= 4 is 21.6 Å². The van der Waals surface area contributed by atoms with Crippen LogP contribution >= 0.6 is 0 Å². The largest absolute Gasteiger partial charge is 0.486 e. The molecule has 1 heterocycles. The van der Waals surface area contributed by atoms with Crippen LogP contribution in [0.2, 0.25) is 0 Å². The number of hydrogen-bond donors (Lipinski definition) is 1. The first kappa shape index (κ1) is 22.2. The summed E-state index contributed by atoms with van der Waals surface area (Å²) in [6.45, 7) is 1.12. The van der Waals surface area contributed by atoms with Crippen LogP contribution in [0.1, 0.15) is 28.8 Å². The Balaban J connectivity index is 1.35. The summed E-state index contributed by atoms with van der Waals surface area (Å²) in [7, 11) is -3.91. The summed E-state index contributed by atoms with van der Waals surface area (Å²) < 4.78 is 52.6. The summed E-state index contributed by atoms with van der Waals surface area (Å²) in [4.78, 5) is 15.1. The first-order valence-corrected chi connectivity index (χ1v) is 12.5. The van der Waals surface area contributed by atoms with Gasteiger partial charge in [0.15, 0.2) is 11.5 Å². The van der Waals surface area contributed by atoms with E-state index in [1.807, 2.05) is 0 Å². The van der Waals surface area contributed by atoms with Crippen molar-refractivity contribution in [1.82, 2.24) is 4.90 Å². The minimum absolute atomic E-state index is 0.0318. The predicted molar refractivity (Wildman–Crippen MR) is 124 cm³/mol. The third kappa shape index (κ3) is 4.84. The molecule has 0 unspecified atom stereocenters. The maximum absolute atomic E-state index is 13.3. The summed E-state index contributed by atoms with van der Waals surface area (Å²) in [6.07, 6.45) is 1.81. The van der Waals surface area contributed by atoms with E-state index in [-0.39, 0.29) is 28.3 Å². The molecule has 9 heteroatoms. The van der Waals surface area contributed by atoms with Crippen LogP contribution in [0.3, 0.4) is 0 Å². The van der Waals surface area contributed by atoms with Gasteiger partial charge in [0.25, 0.3) is 15.9 Å². The molecule has 3 aromatic rings. The Labute approximate surface area is 197 Å². The van der Waals surface area contributed by atoms with E-state index in [1.54, 1.807) is 41.3 Å². The van der Waals surface area contributed by atoms with Gasteiger partial charge in [-0.3, -0.25) is 9.52 Å². The third-order valence-corrected chi connectivity index (χ3v) is 7.08. The number of rotatable bonds is 7. The van der Waals surface area contributed by atoms with Crippen molar-refractivity contribution in [2.75, 3.05) is 17.9 Å². The Bertz CT molecular complexity index is 1320. The van der Waals surface area contributed by atoms with Crippen LogP contribution in [0.5, 0.6) is 11.5 Å². The molecule has 0 radical (unpaired) electrons. The maximum Gasteiger partial charge on any atom is 0.262 e. The van der Waals surface area contributed by atoms with Gasteiger partial charge in [0.1, 0.15) is 19.0 Å². The van der Waals surface area contributed by atoms with Crippen LogP contribution in [0.4, 0.5) is 10.1 Å². The van der Waals surface area contributed by atoms with Crippen molar-refractivity contribution in [3.05, 3.63) is 83.7 Å². The van der Waals surface area contributed by atoms with Crippen molar-refractivity contribution < 1.29 is 27.1 Å². The van der Waals surface area contributed by atoms with Crippen molar-refractivity contribution in [3.8, 4) is 11.5 Å². The summed E-state index contributed by atoms with van der Waals surface area (Å²) in [5.74, 6) is 0.344. The van der Waals surface area contributed by atoms with Crippen molar-refractivity contribution in [3.63, 3.8) is 0 Å². The fourth-order valence-corrected chi connectivity index (χ4v) is 4.89. The number of fused-ring (bicyclic) bond motifs is 1. The number of benzene rings is 3. The fraction of sp³-hybridized carbons (Fsp3) is 0.240. The molecular formula is C25H23FN2O5S. The lowest BCUT2D eigenvalue weighted by molar-refractivity contribution is 0.0730. The minimum Gasteiger partial charge on any atom is -0.486 e. The lowest BCUT2D eigenvalue weighted by Gasteiger charge is -2.23. The van der Waals surface area contributed by atoms with E-state index < -0.39 is 10.0 Å². The Morgan fingerprint density at radius 1 is 0.971 bits per heavy atom. The summed E-state index contributed by atoms with van der Waals surface area (Å²) in [5, 5.41) is 0. The van der Waals surface area contributed by atoms with E-state index in [4.69, 9.17) is 9.47 Å². The van der Waals surface area contributed by atoms with Crippen LogP contribution in [-0.4, -0.2) is 38.5 Å². The molecule has 0 bridgehead atoms. The highest BCUT2D eigenvalue weighted by atomic mass is 32.2. The van der Waals surface area contributed by atoms with Gasteiger partial charge in [0.2, 0.25) is 0 Å². The maximum atomic E-state index is 13.3. The predicted octanol–water partition coefficient (Wildman–Crippen LogP) is 4.20. The van der Waals surface area contributed by atoms with Gasteiger partial charge < -0.3 is 14.4 Å². The number of halogens is 1. The molecule has 0 spiro atoms. The number of nitrogens with zero attached hydrogens (tertiary/aromatic N) is 1. The van der Waals surface area contributed by atoms with Crippen molar-refractivity contribution in [2.45, 2.75) is 30.3 Å². The molecule has 1 aliphatic heterocycles. The van der Waals surface area contributed by atoms with Gasteiger partial charge in [-0.2, -0.15) is 0 Å². The lowest BCUT2D eigenvalue weighted by Crippen LogP contribution is -2.32. The average Bonchev–Trinajstić information content (AvgIpc) is 3.68. The van der Waals surface area contributed by atoms with Gasteiger partial charge in [-0.05, 0) is 60.9 Å². The van der Waals surface area contributed by atoms with Crippen LogP contribution in [0.15, 0.2) is 71.6 Å². The number of amides is 1. The van der Waals surface area contributed by atoms with Gasteiger partial charge in [-0.15, -0.1) is 0 Å². The zero-order chi connectivity index (χ0) is 23.7. The topological polar surface area (TPSA) is 84.9 Å². The molecule has 0 aromatic heterocycles. The first-order valence-electron chi connectivity index (χ1n) is 11.0. The van der Waals surface area contributed by atoms with E-state index in [1.165, 1.54) is 30.3 Å². The van der Waals surface area contributed by atoms with E-state index in [2.05, 4.69) is 4.72 Å². The second-order valence-corrected chi connectivity index (χ2v) is 9.96. The quantitative estimate of drug-likeness (QED) is 0.546. The van der Waals surface area contributed by atoms with Gasteiger partial charge in [0, 0.05) is 29.9 Å². The van der Waals surface area contributed by atoms with E-state index in [0.29, 0.717) is 36.8 Å². The molecule has 1 amide bonds. The average molecular weight is 483 g/mol. The second-order valence-electron chi connectivity index (χ2n) is 8.28. The molecule has 1 fully saturated rings. The number of sulfonamides is 1. The van der Waals surface area contributed by atoms with Crippen LogP contribution < -0.4 is 14.2 Å². The molecule has 1 aliphatic carbocycles. The molecule has 0 saturated heterocycles. The third-order valence-electron chi connectivity index (χ3n) is 5.70. The van der Waals surface area contributed by atoms with Crippen LogP contribution in [0.25, 0.3) is 0 Å². The summed E-state index contributed by atoms with van der Waals surface area (Å²) in [5.41, 5.74) is 1.48. The monoisotopic (exact) mass is 482 g/mol. The Morgan fingerprint density at radius 3 is 2.44 bits per heavy atom. The van der Waals surface area contributed by atoms with Crippen molar-refractivity contribution in [1.29, 1.82) is 0 Å². The normalized spacial score (nSPS) is 15.0. The molecule has 1 saturated carbocycles. The summed E-state index contributed by atoms with van der Waals surface area (Å²) >= 11 is 0. The number of nitrogens with one attached hydrogen (secondary N) is 1. The van der Waals surface area contributed by atoms with E-state index in [0.717, 1.165) is 18.4 Å². The smallest absolute Gasteiger partial charge is 0.262 e. The van der Waals surface area contributed by atoms with Gasteiger partial charge >= 0.3 is 0 Å². The van der Waals surface area contributed by atoms with Gasteiger partial charge in [0.05, 0.1) is 4.90 Å². The molecule has 0 atom stereocenters. The van der Waals surface area contributed by atoms with Crippen LogP contribution in [0, 0.1) is 5.82 Å². The molecule has 5 rings (SSSR count). The van der Waals surface area contributed by atoms with E-state index in [9.17, 15) is 17.6 Å². The first-order chi connectivity index (χ1) is 16.4. The summed E-state index contributed by atoms with van der Waals surface area (Å²) in [6, 6.07) is 17.0. The highest BCUT2D eigenvalue weighted by Crippen LogP contribution is 2.33.